The van der Waals surface area contributed by atoms with Gasteiger partial charge in [-0.2, -0.15) is 0 Å². The number of nitrogens with two attached hydrogens (primary N) is 1. The largest absolute Gasteiger partial charge is 0.465 e. The van der Waals surface area contributed by atoms with Crippen molar-refractivity contribution in [3.05, 3.63) is 35.1 Å². The molecule has 1 unspecified atom stereocenters. The van der Waals surface area contributed by atoms with Gasteiger partial charge >= 0.3 is 12.2 Å². The number of nitrogens with zero attached hydrogens (tertiary/aromatic N) is 5. The average molecular weight is 656 g/mol. The SMILES string of the molecule is CC(C)(C)OC(N)=O.O=C1COc2ncc(N3CC4(CCN(CC5Cc6cc7nc(CCO)oc7c(F)c6C5)CC4)OC3=O)nc2N1. The molecule has 2 saturated heterocycles. The second kappa shape index (κ2) is 12.6. The van der Waals surface area contributed by atoms with Gasteiger partial charge in [-0.05, 0) is 56.7 Å². The maximum atomic E-state index is 15.2. The molecule has 0 radical (unpaired) electrons. The van der Waals surface area contributed by atoms with E-state index >= 15 is 4.39 Å². The van der Waals surface area contributed by atoms with Crippen molar-refractivity contribution in [2.75, 3.05) is 49.6 Å². The number of benzene rings is 1. The fourth-order valence-corrected chi connectivity index (χ4v) is 6.43. The molecule has 1 spiro atoms. The van der Waals surface area contributed by atoms with Crippen molar-refractivity contribution < 1.29 is 42.5 Å². The third kappa shape index (κ3) is 7.07. The summed E-state index contributed by atoms with van der Waals surface area (Å²) < 4.78 is 36.4. The fraction of sp³-hybridized carbons (Fsp3) is 0.548. The van der Waals surface area contributed by atoms with Crippen LogP contribution in [0.5, 0.6) is 5.88 Å². The molecule has 2 fully saturated rings. The van der Waals surface area contributed by atoms with Crippen molar-refractivity contribution in [3.63, 3.8) is 0 Å². The highest BCUT2D eigenvalue weighted by Gasteiger charge is 2.48. The molecule has 3 aromatic rings. The van der Waals surface area contributed by atoms with E-state index in [9.17, 15) is 14.4 Å². The van der Waals surface area contributed by atoms with Crippen LogP contribution in [-0.4, -0.2) is 93.6 Å². The zero-order valence-corrected chi connectivity index (χ0v) is 26.5. The summed E-state index contributed by atoms with van der Waals surface area (Å²) in [6.45, 7) is 7.75. The lowest BCUT2D eigenvalue weighted by atomic mass is 9.90. The lowest BCUT2D eigenvalue weighted by molar-refractivity contribution is -0.118. The Kier molecular flexibility index (Phi) is 8.65. The predicted octanol–water partition coefficient (Wildman–Crippen LogP) is 2.71. The zero-order valence-electron chi connectivity index (χ0n) is 26.5. The van der Waals surface area contributed by atoms with E-state index in [0.717, 1.165) is 31.6 Å². The molecule has 1 aromatic carbocycles. The monoisotopic (exact) mass is 655 g/mol. The van der Waals surface area contributed by atoms with Gasteiger partial charge in [-0.1, -0.05) is 0 Å². The number of carbonyl (C=O) groups is 3. The molecule has 5 heterocycles. The first kappa shape index (κ1) is 32.4. The van der Waals surface area contributed by atoms with E-state index in [2.05, 4.69) is 29.9 Å². The molecule has 0 saturated carbocycles. The molecule has 1 aliphatic carbocycles. The molecule has 4 N–H and O–H groups in total. The van der Waals surface area contributed by atoms with Gasteiger partial charge in [0.1, 0.15) is 16.7 Å². The third-order valence-electron chi connectivity index (χ3n) is 8.45. The number of likely N-dealkylation sites (tertiary alicyclic amines) is 1. The molecule has 4 aliphatic rings. The van der Waals surface area contributed by atoms with E-state index in [4.69, 9.17) is 24.7 Å². The standard InChI is InChI=1S/C26H27FN6O6.C5H11NO2/c27-21-16-8-14(7-15(16)9-17-22(21)38-20(29-17)1-6-34)11-32-4-2-26(3-5-32)13-33(25(36)39-26)18-10-28-24-23(30-18)31-19(35)12-37-24;1-5(2,3)8-4(6)7/h9-10,14,34H,1-8,11-13H2,(H,30,31,35);1-3H3,(H2,6,7). The van der Waals surface area contributed by atoms with Gasteiger partial charge in [0.2, 0.25) is 0 Å². The minimum absolute atomic E-state index is 0.0955. The minimum Gasteiger partial charge on any atom is -0.465 e. The number of amides is 3. The molecule has 252 valence electrons. The summed E-state index contributed by atoms with van der Waals surface area (Å²) in [4.78, 5) is 51.1. The van der Waals surface area contributed by atoms with E-state index in [1.807, 2.05) is 6.07 Å². The van der Waals surface area contributed by atoms with Gasteiger partial charge in [0.15, 0.2) is 35.5 Å². The molecular formula is C31H38FN7O8. The lowest BCUT2D eigenvalue weighted by Gasteiger charge is -2.38. The number of hydrogen-bond donors (Lipinski definition) is 3. The number of aromatic nitrogens is 3. The Labute approximate surface area is 269 Å². The predicted molar refractivity (Wildman–Crippen MR) is 164 cm³/mol. The first-order chi connectivity index (χ1) is 22.3. The van der Waals surface area contributed by atoms with Crippen molar-refractivity contribution in [3.8, 4) is 5.88 Å². The van der Waals surface area contributed by atoms with E-state index in [-0.39, 0.29) is 54.6 Å². The molecule has 1 atom stereocenters. The molecule has 3 amide bonds. The highest BCUT2D eigenvalue weighted by molar-refractivity contribution is 5.94. The van der Waals surface area contributed by atoms with Crippen LogP contribution in [0.25, 0.3) is 11.1 Å². The van der Waals surface area contributed by atoms with Gasteiger partial charge in [0.25, 0.3) is 11.8 Å². The Morgan fingerprint density at radius 3 is 2.68 bits per heavy atom. The lowest BCUT2D eigenvalue weighted by Crippen LogP contribution is -2.48. The minimum atomic E-state index is -0.725. The number of piperidine rings is 1. The van der Waals surface area contributed by atoms with Crippen LogP contribution in [0, 0.1) is 11.7 Å². The van der Waals surface area contributed by atoms with Crippen LogP contribution in [0.2, 0.25) is 0 Å². The van der Waals surface area contributed by atoms with Crippen LogP contribution in [0.3, 0.4) is 0 Å². The van der Waals surface area contributed by atoms with Gasteiger partial charge in [0, 0.05) is 38.9 Å². The summed E-state index contributed by atoms with van der Waals surface area (Å²) in [5.74, 6) is 0.673. The van der Waals surface area contributed by atoms with Crippen LogP contribution in [-0.2, 0) is 33.5 Å². The number of rotatable bonds is 5. The van der Waals surface area contributed by atoms with Crippen LogP contribution in [0.1, 0.15) is 50.6 Å². The second-order valence-corrected chi connectivity index (χ2v) is 13.2. The molecule has 0 bridgehead atoms. The number of fused-ring (bicyclic) bond motifs is 3. The number of primary amides is 1. The number of hydrogen-bond acceptors (Lipinski definition) is 12. The number of anilines is 2. The summed E-state index contributed by atoms with van der Waals surface area (Å²) in [5.41, 5.74) is 5.99. The van der Waals surface area contributed by atoms with Crippen LogP contribution in [0.15, 0.2) is 16.7 Å². The first-order valence-corrected chi connectivity index (χ1v) is 15.5. The van der Waals surface area contributed by atoms with Crippen LogP contribution in [0.4, 0.5) is 25.6 Å². The number of aliphatic hydroxyl groups is 1. The fourth-order valence-electron chi connectivity index (χ4n) is 6.43. The van der Waals surface area contributed by atoms with Gasteiger partial charge in [-0.15, -0.1) is 0 Å². The summed E-state index contributed by atoms with van der Waals surface area (Å²) >= 11 is 0. The highest BCUT2D eigenvalue weighted by atomic mass is 19.1. The van der Waals surface area contributed by atoms with Crippen molar-refractivity contribution in [1.82, 2.24) is 19.9 Å². The topological polar surface area (TPSA) is 195 Å². The summed E-state index contributed by atoms with van der Waals surface area (Å²) in [6, 6.07) is 1.91. The normalized spacial score (nSPS) is 20.2. The second-order valence-electron chi connectivity index (χ2n) is 13.2. The summed E-state index contributed by atoms with van der Waals surface area (Å²) in [6.07, 6.45) is 3.25. The maximum Gasteiger partial charge on any atom is 0.416 e. The molecule has 16 heteroatoms. The van der Waals surface area contributed by atoms with Crippen LogP contribution < -0.4 is 20.7 Å². The number of nitrogens with one attached hydrogen (secondary N) is 1. The first-order valence-electron chi connectivity index (χ1n) is 15.5. The van der Waals surface area contributed by atoms with Gasteiger partial charge in [0.05, 0.1) is 19.3 Å². The molecule has 47 heavy (non-hydrogen) atoms. The Bertz CT molecular complexity index is 1700. The number of aliphatic hydroxyl groups excluding tert-OH is 1. The van der Waals surface area contributed by atoms with Gasteiger partial charge < -0.3 is 39.7 Å². The van der Waals surface area contributed by atoms with E-state index in [0.29, 0.717) is 48.6 Å². The molecule has 7 rings (SSSR count). The Morgan fingerprint density at radius 2 is 2.00 bits per heavy atom. The van der Waals surface area contributed by atoms with Crippen molar-refractivity contribution >= 4 is 40.8 Å². The summed E-state index contributed by atoms with van der Waals surface area (Å²) in [5, 5.41) is 11.7. The Morgan fingerprint density at radius 1 is 1.23 bits per heavy atom. The molecule has 15 nitrogen and oxygen atoms in total. The highest BCUT2D eigenvalue weighted by Crippen LogP contribution is 2.38. The molecule has 3 aliphatic heterocycles. The van der Waals surface area contributed by atoms with Crippen molar-refractivity contribution in [2.24, 2.45) is 11.7 Å². The quantitative estimate of drug-likeness (QED) is 0.364. The molecular weight excluding hydrogens is 617 g/mol. The summed E-state index contributed by atoms with van der Waals surface area (Å²) in [7, 11) is 0. The van der Waals surface area contributed by atoms with Crippen molar-refractivity contribution in [1.29, 1.82) is 0 Å². The number of ether oxygens (including phenoxy) is 3. The van der Waals surface area contributed by atoms with E-state index in [1.54, 1.807) is 20.8 Å². The Hall–Kier alpha value is -4.57. The Balaban J connectivity index is 0.000000431. The van der Waals surface area contributed by atoms with Gasteiger partial charge in [-0.3, -0.25) is 9.69 Å². The average Bonchev–Trinajstić information content (AvgIpc) is 3.68. The van der Waals surface area contributed by atoms with Crippen LogP contribution >= 0.6 is 0 Å². The number of carbonyl (C=O) groups excluding carboxylic acids is 3. The van der Waals surface area contributed by atoms with Crippen molar-refractivity contribution in [2.45, 2.75) is 64.1 Å². The number of oxazole rings is 1. The third-order valence-corrected chi connectivity index (χ3v) is 8.45. The van der Waals surface area contributed by atoms with E-state index in [1.165, 1.54) is 11.1 Å². The van der Waals surface area contributed by atoms with Gasteiger partial charge in [-0.25, -0.2) is 28.9 Å². The molecule has 2 aromatic heterocycles. The smallest absolute Gasteiger partial charge is 0.416 e. The zero-order chi connectivity index (χ0) is 33.5. The van der Waals surface area contributed by atoms with E-state index < -0.39 is 23.4 Å². The number of halogens is 1. The maximum absolute atomic E-state index is 15.2.